The molecule has 3 saturated heterocycles. The molecule has 5 atom stereocenters. The van der Waals surface area contributed by atoms with Crippen LogP contribution in [0, 0.1) is 0 Å². The van der Waals surface area contributed by atoms with Crippen LogP contribution < -0.4 is 4.74 Å². The van der Waals surface area contributed by atoms with Gasteiger partial charge in [-0.05, 0) is 31.5 Å². The van der Waals surface area contributed by atoms with Crippen LogP contribution in [0.15, 0.2) is 24.3 Å². The van der Waals surface area contributed by atoms with Crippen molar-refractivity contribution >= 4 is 0 Å². The minimum atomic E-state index is -0.902. The maximum atomic E-state index is 11.1. The summed E-state index contributed by atoms with van der Waals surface area (Å²) >= 11 is 0. The number of aliphatic hydroxyl groups is 1. The Kier molecular flexibility index (Phi) is 3.07. The Balaban J connectivity index is 1.59. The molecule has 0 spiro atoms. The zero-order chi connectivity index (χ0) is 15.5. The Hall–Kier alpha value is -1.14. The summed E-state index contributed by atoms with van der Waals surface area (Å²) in [7, 11) is 1.63. The van der Waals surface area contributed by atoms with Crippen molar-refractivity contribution in [1.29, 1.82) is 0 Å². The van der Waals surface area contributed by atoms with Gasteiger partial charge >= 0.3 is 0 Å². The van der Waals surface area contributed by atoms with Crippen molar-refractivity contribution in [1.82, 2.24) is 0 Å². The number of ether oxygens (including phenoxy) is 4. The fourth-order valence-corrected chi connectivity index (χ4v) is 3.99. The summed E-state index contributed by atoms with van der Waals surface area (Å²) in [6.45, 7) is 3.85. The van der Waals surface area contributed by atoms with Crippen molar-refractivity contribution in [3.8, 4) is 5.75 Å². The molecule has 2 bridgehead atoms. The van der Waals surface area contributed by atoms with E-state index >= 15 is 0 Å². The third-order valence-corrected chi connectivity index (χ3v) is 4.95. The first kappa shape index (κ1) is 14.5. The molecular weight excluding hydrogens is 284 g/mol. The van der Waals surface area contributed by atoms with Crippen LogP contribution >= 0.6 is 0 Å². The normalized spacial score (nSPS) is 42.2. The van der Waals surface area contributed by atoms with Gasteiger partial charge < -0.3 is 24.1 Å². The molecule has 0 aliphatic carbocycles. The lowest BCUT2D eigenvalue weighted by molar-refractivity contribution is -0.215. The molecule has 1 aromatic carbocycles. The summed E-state index contributed by atoms with van der Waals surface area (Å²) in [6, 6.07) is 7.60. The maximum absolute atomic E-state index is 11.1. The van der Waals surface area contributed by atoms with E-state index in [0.717, 1.165) is 11.3 Å². The van der Waals surface area contributed by atoms with E-state index in [0.29, 0.717) is 12.8 Å². The quantitative estimate of drug-likeness (QED) is 0.905. The predicted octanol–water partition coefficient (Wildman–Crippen LogP) is 1.96. The number of hydrogen-bond acceptors (Lipinski definition) is 5. The molecule has 3 heterocycles. The molecule has 120 valence electrons. The minimum Gasteiger partial charge on any atom is -0.497 e. The van der Waals surface area contributed by atoms with Crippen LogP contribution in [0.3, 0.4) is 0 Å². The van der Waals surface area contributed by atoms with E-state index in [4.69, 9.17) is 18.9 Å². The molecule has 1 unspecified atom stereocenters. The number of methoxy groups -OCH3 is 1. The second-order valence-electron chi connectivity index (χ2n) is 6.95. The van der Waals surface area contributed by atoms with Gasteiger partial charge in [0.15, 0.2) is 5.79 Å². The Morgan fingerprint density at radius 2 is 1.59 bits per heavy atom. The van der Waals surface area contributed by atoms with Crippen LogP contribution in [0.25, 0.3) is 0 Å². The number of rotatable bonds is 2. The highest BCUT2D eigenvalue weighted by atomic mass is 16.8. The first-order valence-electron chi connectivity index (χ1n) is 7.78. The highest BCUT2D eigenvalue weighted by Gasteiger charge is 2.61. The summed E-state index contributed by atoms with van der Waals surface area (Å²) < 4.78 is 23.1. The SMILES string of the molecule is COc1ccc(C2(O)C[C@@H]3O[C@H](C2)[C@H]2OC(C)(C)O[C@H]23)cc1. The molecule has 1 N–H and O–H groups in total. The smallest absolute Gasteiger partial charge is 0.164 e. The highest BCUT2D eigenvalue weighted by Crippen LogP contribution is 2.50. The molecule has 3 fully saturated rings. The standard InChI is InChI=1S/C17H22O5/c1-16(2)21-14-12-8-17(18,9-13(20-12)15(14)22-16)10-4-6-11(19-3)7-5-10/h4-7,12-15,18H,8-9H2,1-3H3/t12-,13+,14-,15+,17?. The van der Waals surface area contributed by atoms with Gasteiger partial charge in [-0.2, -0.15) is 0 Å². The average molecular weight is 306 g/mol. The molecule has 5 heteroatoms. The largest absolute Gasteiger partial charge is 0.497 e. The molecule has 0 amide bonds. The van der Waals surface area contributed by atoms with Crippen molar-refractivity contribution in [2.45, 2.75) is 62.5 Å². The van der Waals surface area contributed by atoms with E-state index in [1.54, 1.807) is 7.11 Å². The molecule has 1 aromatic rings. The number of hydrogen-bond donors (Lipinski definition) is 1. The molecular formula is C17H22O5. The van der Waals surface area contributed by atoms with E-state index in [-0.39, 0.29) is 24.4 Å². The molecule has 0 radical (unpaired) electrons. The molecule has 4 rings (SSSR count). The van der Waals surface area contributed by atoms with Crippen LogP contribution in [0.5, 0.6) is 5.75 Å². The second-order valence-corrected chi connectivity index (χ2v) is 6.95. The van der Waals surface area contributed by atoms with E-state index in [1.807, 2.05) is 38.1 Å². The van der Waals surface area contributed by atoms with Crippen LogP contribution in [-0.2, 0) is 19.8 Å². The topological polar surface area (TPSA) is 57.2 Å². The van der Waals surface area contributed by atoms with Crippen molar-refractivity contribution in [2.75, 3.05) is 7.11 Å². The predicted molar refractivity (Wildman–Crippen MR) is 78.6 cm³/mol. The fraction of sp³-hybridized carbons (Fsp3) is 0.647. The van der Waals surface area contributed by atoms with Gasteiger partial charge in [-0.15, -0.1) is 0 Å². The molecule has 3 aliphatic rings. The highest BCUT2D eigenvalue weighted by molar-refractivity contribution is 5.32. The third kappa shape index (κ3) is 2.15. The molecule has 3 aliphatic heterocycles. The van der Waals surface area contributed by atoms with Gasteiger partial charge in [0, 0.05) is 12.8 Å². The van der Waals surface area contributed by atoms with Gasteiger partial charge in [-0.1, -0.05) is 12.1 Å². The summed E-state index contributed by atoms with van der Waals surface area (Å²) in [6.07, 6.45) is 0.613. The lowest BCUT2D eigenvalue weighted by Crippen LogP contribution is -2.42. The van der Waals surface area contributed by atoms with E-state index in [2.05, 4.69) is 0 Å². The lowest BCUT2D eigenvalue weighted by atomic mass is 9.83. The van der Waals surface area contributed by atoms with Crippen LogP contribution in [-0.4, -0.2) is 42.4 Å². The summed E-state index contributed by atoms with van der Waals surface area (Å²) in [5, 5.41) is 11.1. The fourth-order valence-electron chi connectivity index (χ4n) is 3.99. The van der Waals surface area contributed by atoms with Gasteiger partial charge in [0.25, 0.3) is 0 Å². The monoisotopic (exact) mass is 306 g/mol. The Bertz CT molecular complexity index is 545. The zero-order valence-corrected chi connectivity index (χ0v) is 13.1. The molecule has 0 saturated carbocycles. The van der Waals surface area contributed by atoms with Gasteiger partial charge in [-0.3, -0.25) is 0 Å². The second kappa shape index (κ2) is 4.68. The minimum absolute atomic E-state index is 0.0905. The zero-order valence-electron chi connectivity index (χ0n) is 13.1. The van der Waals surface area contributed by atoms with Crippen LogP contribution in [0.2, 0.25) is 0 Å². The average Bonchev–Trinajstić information content (AvgIpc) is 2.93. The van der Waals surface area contributed by atoms with Crippen molar-refractivity contribution in [2.24, 2.45) is 0 Å². The Morgan fingerprint density at radius 3 is 2.09 bits per heavy atom. The lowest BCUT2D eigenvalue weighted by Gasteiger charge is -2.38. The van der Waals surface area contributed by atoms with Crippen molar-refractivity contribution in [3.63, 3.8) is 0 Å². The van der Waals surface area contributed by atoms with Gasteiger partial charge in [-0.25, -0.2) is 0 Å². The third-order valence-electron chi connectivity index (χ3n) is 4.95. The summed E-state index contributed by atoms with van der Waals surface area (Å²) in [5.41, 5.74) is -0.00744. The Labute approximate surface area is 130 Å². The molecule has 0 aromatic heterocycles. The van der Waals surface area contributed by atoms with Crippen molar-refractivity contribution < 1.29 is 24.1 Å². The maximum Gasteiger partial charge on any atom is 0.164 e. The van der Waals surface area contributed by atoms with Crippen LogP contribution in [0.1, 0.15) is 32.3 Å². The first-order chi connectivity index (χ1) is 10.4. The molecule has 5 nitrogen and oxygen atoms in total. The van der Waals surface area contributed by atoms with Gasteiger partial charge in [0.1, 0.15) is 18.0 Å². The Morgan fingerprint density at radius 1 is 1.05 bits per heavy atom. The van der Waals surface area contributed by atoms with E-state index < -0.39 is 11.4 Å². The van der Waals surface area contributed by atoms with E-state index in [9.17, 15) is 5.11 Å². The number of fused-ring (bicyclic) bond motifs is 5. The number of benzene rings is 1. The summed E-state index contributed by atoms with van der Waals surface area (Å²) in [4.78, 5) is 0. The molecule has 22 heavy (non-hydrogen) atoms. The van der Waals surface area contributed by atoms with Gasteiger partial charge in [0.05, 0.1) is 24.9 Å². The first-order valence-corrected chi connectivity index (χ1v) is 7.78. The van der Waals surface area contributed by atoms with Crippen molar-refractivity contribution in [3.05, 3.63) is 29.8 Å². The van der Waals surface area contributed by atoms with Crippen LogP contribution in [0.4, 0.5) is 0 Å². The van der Waals surface area contributed by atoms with Gasteiger partial charge in [0.2, 0.25) is 0 Å². The summed E-state index contributed by atoms with van der Waals surface area (Å²) in [5.74, 6) is 0.221. The van der Waals surface area contributed by atoms with E-state index in [1.165, 1.54) is 0 Å².